The van der Waals surface area contributed by atoms with E-state index in [1.165, 1.54) is 12.1 Å². The van der Waals surface area contributed by atoms with Crippen LogP contribution in [0.25, 0.3) is 0 Å². The Morgan fingerprint density at radius 1 is 1.19 bits per heavy atom. The summed E-state index contributed by atoms with van der Waals surface area (Å²) in [7, 11) is 0. The number of alkyl halides is 3. The number of ether oxygens (including phenoxy) is 1. The Labute approximate surface area is 151 Å². The zero-order valence-corrected chi connectivity index (χ0v) is 14.1. The van der Waals surface area contributed by atoms with E-state index in [9.17, 15) is 18.0 Å². The molecule has 1 fully saturated rings. The molecule has 26 heavy (non-hydrogen) atoms. The highest BCUT2D eigenvalue weighted by Gasteiger charge is 2.31. The third kappa shape index (κ3) is 4.41. The highest BCUT2D eigenvalue weighted by Crippen LogP contribution is 2.34. The van der Waals surface area contributed by atoms with Crippen molar-refractivity contribution in [2.45, 2.75) is 25.1 Å². The van der Waals surface area contributed by atoms with E-state index in [-0.39, 0.29) is 28.3 Å². The van der Waals surface area contributed by atoms with Crippen LogP contribution in [-0.4, -0.2) is 28.8 Å². The highest BCUT2D eigenvalue weighted by molar-refractivity contribution is 6.33. The lowest BCUT2D eigenvalue weighted by molar-refractivity contribution is -0.137. The van der Waals surface area contributed by atoms with E-state index < -0.39 is 17.8 Å². The maximum absolute atomic E-state index is 12.8. The Kier molecular flexibility index (Phi) is 5.28. The van der Waals surface area contributed by atoms with E-state index in [0.29, 0.717) is 13.0 Å². The SMILES string of the molecule is O=C(Nc1ccc(Nc2cc(C(F)(F)F)ccc2Cl)nn1)C1CCCO1. The monoisotopic (exact) mass is 386 g/mol. The molecule has 0 saturated carbocycles. The van der Waals surface area contributed by atoms with Crippen LogP contribution in [0, 0.1) is 0 Å². The number of amides is 1. The average Bonchev–Trinajstić information content (AvgIpc) is 3.12. The van der Waals surface area contributed by atoms with Gasteiger partial charge in [-0.25, -0.2) is 0 Å². The molecule has 1 aromatic heterocycles. The minimum Gasteiger partial charge on any atom is -0.368 e. The lowest BCUT2D eigenvalue weighted by Gasteiger charge is -2.12. The molecule has 0 spiro atoms. The Bertz CT molecular complexity index is 793. The second-order valence-electron chi connectivity index (χ2n) is 5.61. The maximum Gasteiger partial charge on any atom is 0.416 e. The minimum atomic E-state index is -4.48. The van der Waals surface area contributed by atoms with Crippen LogP contribution < -0.4 is 10.6 Å². The molecule has 138 valence electrons. The summed E-state index contributed by atoms with van der Waals surface area (Å²) >= 11 is 5.92. The predicted octanol–water partition coefficient (Wildman–Crippen LogP) is 4.01. The first-order chi connectivity index (χ1) is 12.3. The van der Waals surface area contributed by atoms with Crippen LogP contribution in [0.4, 0.5) is 30.5 Å². The Hall–Kier alpha value is -2.39. The lowest BCUT2D eigenvalue weighted by atomic mass is 10.2. The number of rotatable bonds is 4. The van der Waals surface area contributed by atoms with Gasteiger partial charge in [0, 0.05) is 6.61 Å². The molecule has 0 radical (unpaired) electrons. The Morgan fingerprint density at radius 2 is 1.92 bits per heavy atom. The van der Waals surface area contributed by atoms with Crippen molar-refractivity contribution in [3.05, 3.63) is 40.9 Å². The summed E-state index contributed by atoms with van der Waals surface area (Å²) in [4.78, 5) is 11.9. The van der Waals surface area contributed by atoms with Crippen LogP contribution in [0.1, 0.15) is 18.4 Å². The van der Waals surface area contributed by atoms with Gasteiger partial charge in [-0.1, -0.05) is 11.6 Å². The number of aromatic nitrogens is 2. The van der Waals surface area contributed by atoms with Crippen LogP contribution in [0.2, 0.25) is 5.02 Å². The lowest BCUT2D eigenvalue weighted by Crippen LogP contribution is -2.27. The average molecular weight is 387 g/mol. The van der Waals surface area contributed by atoms with Crippen LogP contribution >= 0.6 is 11.6 Å². The summed E-state index contributed by atoms with van der Waals surface area (Å²) in [6.07, 6.45) is -3.51. The number of carbonyl (C=O) groups excluding carboxylic acids is 1. The second-order valence-corrected chi connectivity index (χ2v) is 6.02. The molecule has 2 heterocycles. The quantitative estimate of drug-likeness (QED) is 0.830. The third-order valence-electron chi connectivity index (χ3n) is 3.69. The summed E-state index contributed by atoms with van der Waals surface area (Å²) in [6, 6.07) is 5.87. The molecular formula is C16H14ClF3N4O2. The number of nitrogens with zero attached hydrogens (tertiary/aromatic N) is 2. The van der Waals surface area contributed by atoms with E-state index in [1.54, 1.807) is 0 Å². The van der Waals surface area contributed by atoms with E-state index in [4.69, 9.17) is 16.3 Å². The van der Waals surface area contributed by atoms with Gasteiger partial charge in [-0.05, 0) is 43.2 Å². The molecule has 3 rings (SSSR count). The fourth-order valence-corrected chi connectivity index (χ4v) is 2.56. The van der Waals surface area contributed by atoms with Crippen LogP contribution in [0.15, 0.2) is 30.3 Å². The van der Waals surface area contributed by atoms with Gasteiger partial charge in [0.15, 0.2) is 11.6 Å². The van der Waals surface area contributed by atoms with Gasteiger partial charge < -0.3 is 15.4 Å². The van der Waals surface area contributed by atoms with Crippen molar-refractivity contribution < 1.29 is 22.7 Å². The topological polar surface area (TPSA) is 76.1 Å². The molecule has 1 aliphatic heterocycles. The molecule has 1 aliphatic rings. The van der Waals surface area contributed by atoms with E-state index in [1.807, 2.05) is 0 Å². The minimum absolute atomic E-state index is 0.0481. The van der Waals surface area contributed by atoms with Crippen molar-refractivity contribution in [2.24, 2.45) is 0 Å². The van der Waals surface area contributed by atoms with Gasteiger partial charge in [-0.15, -0.1) is 10.2 Å². The fourth-order valence-electron chi connectivity index (χ4n) is 2.39. The number of hydrogen-bond donors (Lipinski definition) is 2. The predicted molar refractivity (Wildman–Crippen MR) is 89.4 cm³/mol. The van der Waals surface area contributed by atoms with Crippen LogP contribution in [0.5, 0.6) is 0 Å². The largest absolute Gasteiger partial charge is 0.416 e. The Balaban J connectivity index is 1.68. The first kappa shape index (κ1) is 18.4. The normalized spacial score (nSPS) is 17.2. The summed E-state index contributed by atoms with van der Waals surface area (Å²) in [6.45, 7) is 0.546. The number of carbonyl (C=O) groups is 1. The molecule has 0 bridgehead atoms. The molecule has 1 aromatic carbocycles. The van der Waals surface area contributed by atoms with Gasteiger partial charge in [-0.3, -0.25) is 4.79 Å². The molecule has 6 nitrogen and oxygen atoms in total. The molecule has 1 unspecified atom stereocenters. The Morgan fingerprint density at radius 3 is 2.54 bits per heavy atom. The van der Waals surface area contributed by atoms with Gasteiger partial charge in [0.25, 0.3) is 5.91 Å². The van der Waals surface area contributed by atoms with E-state index in [0.717, 1.165) is 24.6 Å². The maximum atomic E-state index is 12.8. The number of halogens is 4. The smallest absolute Gasteiger partial charge is 0.368 e. The molecule has 2 aromatic rings. The van der Waals surface area contributed by atoms with Gasteiger partial charge in [0.05, 0.1) is 16.3 Å². The van der Waals surface area contributed by atoms with E-state index in [2.05, 4.69) is 20.8 Å². The molecule has 1 atom stereocenters. The summed E-state index contributed by atoms with van der Waals surface area (Å²) in [5, 5.41) is 13.0. The fraction of sp³-hybridized carbons (Fsp3) is 0.312. The number of nitrogens with one attached hydrogen (secondary N) is 2. The molecule has 10 heteroatoms. The summed E-state index contributed by atoms with van der Waals surface area (Å²) < 4.78 is 43.6. The first-order valence-electron chi connectivity index (χ1n) is 7.73. The van der Waals surface area contributed by atoms with E-state index >= 15 is 0 Å². The number of benzene rings is 1. The summed E-state index contributed by atoms with van der Waals surface area (Å²) in [5.41, 5.74) is -0.787. The molecule has 2 N–H and O–H groups in total. The van der Waals surface area contributed by atoms with Crippen molar-refractivity contribution in [3.63, 3.8) is 0 Å². The molecule has 1 amide bonds. The first-order valence-corrected chi connectivity index (χ1v) is 8.11. The molecule has 1 saturated heterocycles. The third-order valence-corrected chi connectivity index (χ3v) is 4.02. The number of hydrogen-bond acceptors (Lipinski definition) is 5. The second kappa shape index (κ2) is 7.46. The van der Waals surface area contributed by atoms with Gasteiger partial charge in [0.2, 0.25) is 0 Å². The summed E-state index contributed by atoms with van der Waals surface area (Å²) in [5.74, 6) is 0.0889. The standard InChI is InChI=1S/C16H14ClF3N4O2/c17-10-4-3-9(16(18,19)20)8-11(10)21-13-5-6-14(24-23-13)22-15(25)12-2-1-7-26-12/h3-6,8,12H,1-2,7H2,(H,21,23)(H,22,24,25). The van der Waals surface area contributed by atoms with Gasteiger partial charge in [0.1, 0.15) is 6.10 Å². The highest BCUT2D eigenvalue weighted by atomic mass is 35.5. The van der Waals surface area contributed by atoms with Gasteiger partial charge in [-0.2, -0.15) is 13.2 Å². The molecule has 0 aliphatic carbocycles. The van der Waals surface area contributed by atoms with Gasteiger partial charge >= 0.3 is 6.18 Å². The van der Waals surface area contributed by atoms with Crippen molar-refractivity contribution in [2.75, 3.05) is 17.2 Å². The van der Waals surface area contributed by atoms with Crippen LogP contribution in [0.3, 0.4) is 0 Å². The zero-order chi connectivity index (χ0) is 18.7. The van der Waals surface area contributed by atoms with Crippen molar-refractivity contribution in [1.82, 2.24) is 10.2 Å². The molecular weight excluding hydrogens is 373 g/mol. The van der Waals surface area contributed by atoms with Crippen LogP contribution in [-0.2, 0) is 15.7 Å². The van der Waals surface area contributed by atoms with Crippen molar-refractivity contribution >= 4 is 34.8 Å². The number of anilines is 3. The zero-order valence-electron chi connectivity index (χ0n) is 13.3. The van der Waals surface area contributed by atoms with Crippen molar-refractivity contribution in [1.29, 1.82) is 0 Å². The van der Waals surface area contributed by atoms with Crippen molar-refractivity contribution in [3.8, 4) is 0 Å².